The van der Waals surface area contributed by atoms with Crippen molar-refractivity contribution < 1.29 is 4.79 Å². The van der Waals surface area contributed by atoms with Gasteiger partial charge in [-0.25, -0.2) is 0 Å². The second kappa shape index (κ2) is 7.56. The molecule has 13 heavy (non-hydrogen) atoms. The molecule has 0 aliphatic rings. The molecule has 74 valence electrons. The second-order valence-electron chi connectivity index (χ2n) is 2.65. The summed E-state index contributed by atoms with van der Waals surface area (Å²) >= 11 is 0. The Morgan fingerprint density at radius 1 is 1.46 bits per heavy atom. The van der Waals surface area contributed by atoms with Gasteiger partial charge in [-0.1, -0.05) is 0 Å². The molecule has 0 bridgehead atoms. The Kier molecular flexibility index (Phi) is 6.93. The number of hydrogen-bond donors (Lipinski definition) is 1. The maximum Gasteiger partial charge on any atom is 0.223 e. The lowest BCUT2D eigenvalue weighted by Crippen LogP contribution is -2.32. The van der Waals surface area contributed by atoms with Crippen LogP contribution in [-0.2, 0) is 4.79 Å². The largest absolute Gasteiger partial charge is 0.343 e. The van der Waals surface area contributed by atoms with Gasteiger partial charge in [0.1, 0.15) is 0 Å². The summed E-state index contributed by atoms with van der Waals surface area (Å²) in [5.41, 5.74) is 0. The van der Waals surface area contributed by atoms with Gasteiger partial charge >= 0.3 is 0 Å². The van der Waals surface area contributed by atoms with E-state index in [9.17, 15) is 4.79 Å². The molecule has 1 amide bonds. The van der Waals surface area contributed by atoms with E-state index >= 15 is 0 Å². The third kappa shape index (κ3) is 5.21. The molecule has 0 aliphatic carbocycles. The topological polar surface area (TPSA) is 56.1 Å². The first kappa shape index (κ1) is 11.9. The highest BCUT2D eigenvalue weighted by Crippen LogP contribution is 1.92. The van der Waals surface area contributed by atoms with E-state index in [-0.39, 0.29) is 5.91 Å². The first-order valence-corrected chi connectivity index (χ1v) is 4.61. The maximum atomic E-state index is 11.4. The fourth-order valence-corrected chi connectivity index (χ4v) is 1.07. The molecule has 0 atom stereocenters. The van der Waals surface area contributed by atoms with Gasteiger partial charge in [-0.15, -0.1) is 0 Å². The van der Waals surface area contributed by atoms with E-state index in [4.69, 9.17) is 5.26 Å². The fourth-order valence-electron chi connectivity index (χ4n) is 1.07. The molecular formula is C9H17N3O. The Morgan fingerprint density at radius 3 is 2.54 bits per heavy atom. The van der Waals surface area contributed by atoms with Crippen molar-refractivity contribution in [3.05, 3.63) is 0 Å². The van der Waals surface area contributed by atoms with Crippen LogP contribution in [0.3, 0.4) is 0 Å². The molecule has 0 rings (SSSR count). The molecule has 0 saturated heterocycles. The zero-order valence-corrected chi connectivity index (χ0v) is 8.34. The Balaban J connectivity index is 3.55. The minimum Gasteiger partial charge on any atom is -0.343 e. The minimum atomic E-state index is 0.149. The predicted molar refractivity (Wildman–Crippen MR) is 51.0 cm³/mol. The van der Waals surface area contributed by atoms with Gasteiger partial charge in [-0.05, 0) is 13.8 Å². The molecule has 0 aromatic rings. The summed E-state index contributed by atoms with van der Waals surface area (Å²) in [6.45, 7) is 6.34. The lowest BCUT2D eigenvalue weighted by Gasteiger charge is -2.18. The Morgan fingerprint density at radius 2 is 2.08 bits per heavy atom. The molecule has 0 aliphatic heterocycles. The SMILES string of the molecule is CCN(CC)C(=O)CCNCC#N. The summed E-state index contributed by atoms with van der Waals surface area (Å²) in [4.78, 5) is 13.2. The van der Waals surface area contributed by atoms with Crippen LogP contribution in [0.1, 0.15) is 20.3 Å². The average molecular weight is 183 g/mol. The number of carbonyl (C=O) groups excluding carboxylic acids is 1. The van der Waals surface area contributed by atoms with Gasteiger partial charge in [0, 0.05) is 26.1 Å². The van der Waals surface area contributed by atoms with Crippen molar-refractivity contribution in [2.24, 2.45) is 0 Å². The van der Waals surface area contributed by atoms with Gasteiger partial charge in [0.25, 0.3) is 0 Å². The molecule has 4 nitrogen and oxygen atoms in total. The zero-order valence-electron chi connectivity index (χ0n) is 8.34. The molecule has 0 aromatic carbocycles. The third-order valence-electron chi connectivity index (χ3n) is 1.84. The van der Waals surface area contributed by atoms with E-state index in [2.05, 4.69) is 5.32 Å². The number of rotatable bonds is 6. The number of nitriles is 1. The molecule has 0 fully saturated rings. The van der Waals surface area contributed by atoms with Crippen molar-refractivity contribution in [2.75, 3.05) is 26.2 Å². The summed E-state index contributed by atoms with van der Waals surface area (Å²) in [6, 6.07) is 1.96. The van der Waals surface area contributed by atoms with E-state index in [1.165, 1.54) is 0 Å². The van der Waals surface area contributed by atoms with Crippen molar-refractivity contribution >= 4 is 5.91 Å². The quantitative estimate of drug-likeness (QED) is 0.478. The van der Waals surface area contributed by atoms with E-state index in [1.54, 1.807) is 4.90 Å². The molecule has 0 heterocycles. The van der Waals surface area contributed by atoms with Crippen LogP contribution in [0.2, 0.25) is 0 Å². The monoisotopic (exact) mass is 183 g/mol. The summed E-state index contributed by atoms with van der Waals surface area (Å²) in [7, 11) is 0. The third-order valence-corrected chi connectivity index (χ3v) is 1.84. The van der Waals surface area contributed by atoms with Crippen molar-refractivity contribution in [1.82, 2.24) is 10.2 Å². The number of hydrogen-bond acceptors (Lipinski definition) is 3. The van der Waals surface area contributed by atoms with Crippen LogP contribution in [0.15, 0.2) is 0 Å². The van der Waals surface area contributed by atoms with Crippen LogP contribution in [-0.4, -0.2) is 37.0 Å². The predicted octanol–water partition coefficient (Wildman–Crippen LogP) is 0.358. The van der Waals surface area contributed by atoms with Crippen LogP contribution in [0.4, 0.5) is 0 Å². The van der Waals surface area contributed by atoms with Crippen LogP contribution >= 0.6 is 0 Å². The highest BCUT2D eigenvalue weighted by Gasteiger charge is 2.07. The van der Waals surface area contributed by atoms with Gasteiger partial charge < -0.3 is 10.2 Å². The van der Waals surface area contributed by atoms with E-state index in [0.29, 0.717) is 19.5 Å². The Hall–Kier alpha value is -1.08. The van der Waals surface area contributed by atoms with Crippen molar-refractivity contribution in [3.63, 3.8) is 0 Å². The van der Waals surface area contributed by atoms with Gasteiger partial charge in [0.15, 0.2) is 0 Å². The number of carbonyl (C=O) groups is 1. The fraction of sp³-hybridized carbons (Fsp3) is 0.778. The number of nitrogens with zero attached hydrogens (tertiary/aromatic N) is 2. The van der Waals surface area contributed by atoms with E-state index < -0.39 is 0 Å². The molecule has 1 N–H and O–H groups in total. The van der Waals surface area contributed by atoms with Gasteiger partial charge in [0.2, 0.25) is 5.91 Å². The van der Waals surface area contributed by atoms with Crippen LogP contribution in [0.5, 0.6) is 0 Å². The molecule has 0 spiro atoms. The summed E-state index contributed by atoms with van der Waals surface area (Å²) < 4.78 is 0. The Bertz CT molecular complexity index is 182. The van der Waals surface area contributed by atoms with Gasteiger partial charge in [-0.2, -0.15) is 5.26 Å². The van der Waals surface area contributed by atoms with Crippen LogP contribution in [0.25, 0.3) is 0 Å². The molecule has 4 heteroatoms. The summed E-state index contributed by atoms with van der Waals surface area (Å²) in [5, 5.41) is 11.1. The second-order valence-corrected chi connectivity index (χ2v) is 2.65. The highest BCUT2D eigenvalue weighted by molar-refractivity contribution is 5.76. The average Bonchev–Trinajstić information content (AvgIpc) is 2.14. The lowest BCUT2D eigenvalue weighted by atomic mass is 10.3. The first-order chi connectivity index (χ1) is 6.26. The molecule has 0 saturated carbocycles. The summed E-state index contributed by atoms with van der Waals surface area (Å²) in [6.07, 6.45) is 0.476. The molecule has 0 unspecified atom stereocenters. The van der Waals surface area contributed by atoms with Crippen LogP contribution < -0.4 is 5.32 Å². The van der Waals surface area contributed by atoms with Gasteiger partial charge in [-0.3, -0.25) is 4.79 Å². The van der Waals surface area contributed by atoms with E-state index in [1.807, 2.05) is 19.9 Å². The molecule has 0 radical (unpaired) electrons. The number of amides is 1. The molecular weight excluding hydrogens is 166 g/mol. The van der Waals surface area contributed by atoms with Crippen LogP contribution in [0, 0.1) is 11.3 Å². The first-order valence-electron chi connectivity index (χ1n) is 4.61. The smallest absolute Gasteiger partial charge is 0.223 e. The van der Waals surface area contributed by atoms with E-state index in [0.717, 1.165) is 13.1 Å². The van der Waals surface area contributed by atoms with Crippen molar-refractivity contribution in [1.29, 1.82) is 5.26 Å². The molecule has 0 aromatic heterocycles. The minimum absolute atomic E-state index is 0.149. The highest BCUT2D eigenvalue weighted by atomic mass is 16.2. The maximum absolute atomic E-state index is 11.4. The lowest BCUT2D eigenvalue weighted by molar-refractivity contribution is -0.130. The van der Waals surface area contributed by atoms with Crippen molar-refractivity contribution in [2.45, 2.75) is 20.3 Å². The van der Waals surface area contributed by atoms with Crippen molar-refractivity contribution in [3.8, 4) is 6.07 Å². The van der Waals surface area contributed by atoms with Gasteiger partial charge in [0.05, 0.1) is 12.6 Å². The standard InChI is InChI=1S/C9H17N3O/c1-3-12(4-2)9(13)5-7-11-8-6-10/h11H,3-5,7-8H2,1-2H3. The normalized spacial score (nSPS) is 9.31. The Labute approximate surface area is 79.5 Å². The zero-order chi connectivity index (χ0) is 10.1. The summed E-state index contributed by atoms with van der Waals surface area (Å²) in [5.74, 6) is 0.149. The number of nitrogens with one attached hydrogen (secondary N) is 1.